The van der Waals surface area contributed by atoms with Gasteiger partial charge in [0.15, 0.2) is 0 Å². The molecule has 0 unspecified atom stereocenters. The molecule has 4 aliphatic carbocycles. The highest BCUT2D eigenvalue weighted by Gasteiger charge is 2.51. The summed E-state index contributed by atoms with van der Waals surface area (Å²) in [6.07, 6.45) is 13.6. The fourth-order valence-electron chi connectivity index (χ4n) is 9.64. The molecule has 8 rings (SSSR count). The first kappa shape index (κ1) is 32.0. The molecular weight excluding hydrogens is 593 g/mol. The summed E-state index contributed by atoms with van der Waals surface area (Å²) in [6.45, 7) is 4.47. The molecule has 250 valence electrons. The Morgan fingerprint density at radius 3 is 2.30 bits per heavy atom. The summed E-state index contributed by atoms with van der Waals surface area (Å²) in [5.41, 5.74) is 1.58. The number of carbonyl (C=O) groups is 2. The van der Waals surface area contributed by atoms with E-state index in [2.05, 4.69) is 20.4 Å². The molecule has 3 aromatic rings. The van der Waals surface area contributed by atoms with E-state index in [1.54, 1.807) is 23.1 Å². The summed E-state index contributed by atoms with van der Waals surface area (Å²) in [6, 6.07) is 11.9. The fraction of sp³-hybridized carbons (Fsp3) is 0.579. The van der Waals surface area contributed by atoms with E-state index in [9.17, 15) is 18.8 Å². The predicted octanol–water partition coefficient (Wildman–Crippen LogP) is 5.69. The van der Waals surface area contributed by atoms with Crippen molar-refractivity contribution in [1.82, 2.24) is 25.3 Å². The number of aromatic nitrogens is 2. The second-order valence-corrected chi connectivity index (χ2v) is 15.0. The maximum Gasteiger partial charge on any atom is 0.272 e. The molecule has 2 heterocycles. The Labute approximate surface area is 276 Å². The first-order chi connectivity index (χ1) is 22.8. The van der Waals surface area contributed by atoms with Crippen LogP contribution in [-0.4, -0.2) is 71.1 Å². The summed E-state index contributed by atoms with van der Waals surface area (Å²) >= 11 is 0. The van der Waals surface area contributed by atoms with Crippen LogP contribution in [0.1, 0.15) is 92.2 Å². The van der Waals surface area contributed by atoms with Crippen molar-refractivity contribution >= 4 is 22.6 Å². The zero-order valence-corrected chi connectivity index (χ0v) is 27.4. The largest absolute Gasteiger partial charge is 0.356 e. The Bertz CT molecular complexity index is 1630. The van der Waals surface area contributed by atoms with Crippen LogP contribution in [0.3, 0.4) is 0 Å². The van der Waals surface area contributed by atoms with Crippen LogP contribution in [0.4, 0.5) is 4.39 Å². The van der Waals surface area contributed by atoms with Crippen LogP contribution < -0.4 is 10.9 Å². The van der Waals surface area contributed by atoms with Crippen molar-refractivity contribution in [2.24, 2.45) is 23.2 Å². The third-order valence-corrected chi connectivity index (χ3v) is 11.5. The molecule has 47 heavy (non-hydrogen) atoms. The van der Waals surface area contributed by atoms with E-state index in [-0.39, 0.29) is 22.9 Å². The minimum Gasteiger partial charge on any atom is -0.356 e. The van der Waals surface area contributed by atoms with E-state index in [1.165, 1.54) is 44.6 Å². The molecule has 2 aromatic carbocycles. The van der Waals surface area contributed by atoms with Gasteiger partial charge in [0, 0.05) is 51.0 Å². The van der Waals surface area contributed by atoms with Crippen LogP contribution in [0.5, 0.6) is 0 Å². The van der Waals surface area contributed by atoms with Crippen LogP contribution in [0.15, 0.2) is 47.3 Å². The highest BCUT2D eigenvalue weighted by atomic mass is 19.1. The lowest BCUT2D eigenvalue weighted by molar-refractivity contribution is -0.129. The smallest absolute Gasteiger partial charge is 0.272 e. The number of piperazine rings is 1. The van der Waals surface area contributed by atoms with Crippen molar-refractivity contribution in [2.75, 3.05) is 39.3 Å². The van der Waals surface area contributed by atoms with Gasteiger partial charge >= 0.3 is 0 Å². The van der Waals surface area contributed by atoms with Gasteiger partial charge in [-0.2, -0.15) is 5.10 Å². The Kier molecular flexibility index (Phi) is 9.44. The van der Waals surface area contributed by atoms with E-state index in [1.807, 2.05) is 18.2 Å². The molecule has 8 nitrogen and oxygen atoms in total. The second kappa shape index (κ2) is 13.9. The molecule has 0 atom stereocenters. The number of unbranched alkanes of at least 4 members (excludes halogenated alkanes) is 3. The van der Waals surface area contributed by atoms with Gasteiger partial charge in [0.2, 0.25) is 5.91 Å². The lowest BCUT2D eigenvalue weighted by atomic mass is 9.49. The fourth-order valence-corrected chi connectivity index (χ4v) is 9.64. The molecule has 9 heteroatoms. The summed E-state index contributed by atoms with van der Waals surface area (Å²) in [4.78, 5) is 42.4. The van der Waals surface area contributed by atoms with Crippen molar-refractivity contribution in [2.45, 2.75) is 77.0 Å². The zero-order valence-electron chi connectivity index (χ0n) is 27.4. The number of benzene rings is 2. The van der Waals surface area contributed by atoms with Gasteiger partial charge in [-0.1, -0.05) is 37.1 Å². The second-order valence-electron chi connectivity index (χ2n) is 15.0. The van der Waals surface area contributed by atoms with Crippen molar-refractivity contribution in [1.29, 1.82) is 0 Å². The lowest BCUT2D eigenvalue weighted by Crippen LogP contribution is -2.49. The van der Waals surface area contributed by atoms with Gasteiger partial charge in [-0.15, -0.1) is 0 Å². The number of nitrogens with one attached hydrogen (secondary N) is 2. The Balaban J connectivity index is 0.806. The van der Waals surface area contributed by atoms with Crippen molar-refractivity contribution in [3.63, 3.8) is 0 Å². The highest BCUT2D eigenvalue weighted by Crippen LogP contribution is 2.61. The third kappa shape index (κ3) is 7.30. The van der Waals surface area contributed by atoms with Crippen LogP contribution in [0, 0.1) is 29.0 Å². The molecule has 0 spiro atoms. The SMILES string of the molecule is O=C(CC12CC3CC(CC(C3)C1)C2)NCCCCCCN1CCN(C(=O)c2cc(Cc3n[nH]c(=O)c4ccccc34)ccc2F)CC1. The van der Waals surface area contributed by atoms with Gasteiger partial charge in [0.25, 0.3) is 11.5 Å². The standard InChI is InChI=1S/C38H48FN5O3/c39-33-10-9-26(21-34-30-7-3-4-8-31(30)36(46)42-41-34)20-32(33)37(47)44-15-13-43(14-16-44)12-6-2-1-5-11-40-35(45)25-38-22-27-17-28(23-38)19-29(18-27)24-38/h3-4,7-10,20,27-29H,1-2,5-6,11-19,21-25H2,(H,40,45)(H,42,46). The van der Waals surface area contributed by atoms with E-state index in [0.29, 0.717) is 36.0 Å². The Hall–Kier alpha value is -3.59. The molecule has 4 bridgehead atoms. The summed E-state index contributed by atoms with van der Waals surface area (Å²) in [5, 5.41) is 11.3. The molecular formula is C38H48FN5O3. The average Bonchev–Trinajstić information content (AvgIpc) is 3.05. The molecule has 5 fully saturated rings. The maximum atomic E-state index is 14.9. The number of halogens is 1. The van der Waals surface area contributed by atoms with E-state index < -0.39 is 5.82 Å². The van der Waals surface area contributed by atoms with Gasteiger partial charge in [0.1, 0.15) is 5.82 Å². The van der Waals surface area contributed by atoms with Crippen LogP contribution in [-0.2, 0) is 11.2 Å². The molecule has 4 saturated carbocycles. The van der Waals surface area contributed by atoms with Gasteiger partial charge in [0.05, 0.1) is 16.6 Å². The van der Waals surface area contributed by atoms with Gasteiger partial charge in [-0.25, -0.2) is 9.49 Å². The summed E-state index contributed by atoms with van der Waals surface area (Å²) in [7, 11) is 0. The lowest BCUT2D eigenvalue weighted by Gasteiger charge is -2.56. The van der Waals surface area contributed by atoms with Crippen molar-refractivity contribution in [3.05, 3.63) is 75.5 Å². The van der Waals surface area contributed by atoms with Crippen LogP contribution >= 0.6 is 0 Å². The maximum absolute atomic E-state index is 14.9. The predicted molar refractivity (Wildman–Crippen MR) is 181 cm³/mol. The number of amides is 2. The van der Waals surface area contributed by atoms with Crippen LogP contribution in [0.25, 0.3) is 10.8 Å². The molecule has 1 aromatic heterocycles. The first-order valence-corrected chi connectivity index (χ1v) is 17.9. The highest BCUT2D eigenvalue weighted by molar-refractivity contribution is 5.95. The van der Waals surface area contributed by atoms with Crippen molar-refractivity contribution in [3.8, 4) is 0 Å². The normalized spacial score (nSPS) is 25.4. The monoisotopic (exact) mass is 641 g/mol. The Morgan fingerprint density at radius 1 is 0.894 bits per heavy atom. The minimum absolute atomic E-state index is 0.0784. The molecule has 1 saturated heterocycles. The first-order valence-electron chi connectivity index (χ1n) is 17.9. The number of nitrogens with zero attached hydrogens (tertiary/aromatic N) is 3. The van der Waals surface area contributed by atoms with Gasteiger partial charge in [-0.05, 0) is 105 Å². The van der Waals surface area contributed by atoms with E-state index in [4.69, 9.17) is 0 Å². The summed E-state index contributed by atoms with van der Waals surface area (Å²) in [5.74, 6) is 2.12. The van der Waals surface area contributed by atoms with Gasteiger partial charge in [-0.3, -0.25) is 19.3 Å². The quantitative estimate of drug-likeness (QED) is 0.248. The number of rotatable bonds is 12. The summed E-state index contributed by atoms with van der Waals surface area (Å²) < 4.78 is 14.9. The Morgan fingerprint density at radius 2 is 1.57 bits per heavy atom. The van der Waals surface area contributed by atoms with E-state index in [0.717, 1.165) is 87.0 Å². The van der Waals surface area contributed by atoms with Crippen LogP contribution in [0.2, 0.25) is 0 Å². The minimum atomic E-state index is -0.524. The number of fused-ring (bicyclic) bond motifs is 1. The van der Waals surface area contributed by atoms with Gasteiger partial charge < -0.3 is 10.2 Å². The average molecular weight is 642 g/mol. The molecule has 1 aliphatic heterocycles. The number of H-pyrrole nitrogens is 1. The zero-order chi connectivity index (χ0) is 32.4. The topological polar surface area (TPSA) is 98.4 Å². The van der Waals surface area contributed by atoms with E-state index >= 15 is 0 Å². The number of aromatic amines is 1. The number of carbonyl (C=O) groups excluding carboxylic acids is 2. The molecule has 5 aliphatic rings. The molecule has 2 amide bonds. The molecule has 2 N–H and O–H groups in total. The van der Waals surface area contributed by atoms with Crippen molar-refractivity contribution < 1.29 is 14.0 Å². The number of hydrogen-bond donors (Lipinski definition) is 2. The third-order valence-electron chi connectivity index (χ3n) is 11.5. The number of hydrogen-bond acceptors (Lipinski definition) is 5. The molecule has 0 radical (unpaired) electrons.